The lowest BCUT2D eigenvalue weighted by atomic mass is 9.79. The van der Waals surface area contributed by atoms with Crippen LogP contribution < -0.4 is 0 Å². The Hall–Kier alpha value is -2.91. The van der Waals surface area contributed by atoms with E-state index in [0.29, 0.717) is 22.1 Å². The number of carbonyl (C=O) groups excluding carboxylic acids is 3. The highest BCUT2D eigenvalue weighted by Crippen LogP contribution is 2.31. The molecule has 8 heteroatoms. The summed E-state index contributed by atoms with van der Waals surface area (Å²) in [5.74, 6) is -1.51. The predicted molar refractivity (Wildman–Crippen MR) is 104 cm³/mol. The summed E-state index contributed by atoms with van der Waals surface area (Å²) in [5, 5.41) is 40.9. The smallest absolute Gasteiger partial charge is 0.338 e. The third kappa shape index (κ3) is 3.54. The van der Waals surface area contributed by atoms with E-state index in [4.69, 9.17) is 4.74 Å². The summed E-state index contributed by atoms with van der Waals surface area (Å²) in [7, 11) is 0. The molecule has 2 aliphatic carbocycles. The van der Waals surface area contributed by atoms with Gasteiger partial charge in [0.1, 0.15) is 12.7 Å². The van der Waals surface area contributed by atoms with Crippen molar-refractivity contribution in [2.45, 2.75) is 43.4 Å². The fraction of sp³-hybridized carbons (Fsp3) is 0.318. The van der Waals surface area contributed by atoms with Gasteiger partial charge in [0, 0.05) is 24.0 Å². The highest BCUT2D eigenvalue weighted by atomic mass is 16.5. The van der Waals surface area contributed by atoms with Crippen LogP contribution in [0.4, 0.5) is 0 Å². The van der Waals surface area contributed by atoms with Crippen LogP contribution in [-0.4, -0.2) is 61.9 Å². The van der Waals surface area contributed by atoms with E-state index >= 15 is 0 Å². The topological polar surface area (TPSA) is 141 Å². The van der Waals surface area contributed by atoms with Gasteiger partial charge in [-0.3, -0.25) is 9.59 Å². The Morgan fingerprint density at radius 2 is 1.50 bits per heavy atom. The molecule has 2 aromatic rings. The lowest BCUT2D eigenvalue weighted by molar-refractivity contribution is -0.193. The molecule has 0 spiro atoms. The maximum atomic E-state index is 12.4. The monoisotopic (exact) mass is 412 g/mol. The number of aliphatic hydroxyl groups is 4. The van der Waals surface area contributed by atoms with Gasteiger partial charge in [-0.2, -0.15) is 0 Å². The van der Waals surface area contributed by atoms with Gasteiger partial charge in [0.05, 0.1) is 12.2 Å². The second kappa shape index (κ2) is 7.41. The lowest BCUT2D eigenvalue weighted by Gasteiger charge is -2.38. The van der Waals surface area contributed by atoms with Crippen LogP contribution in [0.25, 0.3) is 10.8 Å². The van der Waals surface area contributed by atoms with Gasteiger partial charge in [-0.05, 0) is 46.7 Å². The molecule has 0 radical (unpaired) electrons. The number of benzene rings is 2. The Kier molecular flexibility index (Phi) is 5.03. The van der Waals surface area contributed by atoms with Gasteiger partial charge < -0.3 is 25.2 Å². The van der Waals surface area contributed by atoms with Crippen LogP contribution in [0, 0.1) is 0 Å². The van der Waals surface area contributed by atoms with Crippen molar-refractivity contribution < 1.29 is 39.5 Å². The summed E-state index contributed by atoms with van der Waals surface area (Å²) < 4.78 is 5.18. The van der Waals surface area contributed by atoms with Gasteiger partial charge in [0.2, 0.25) is 0 Å². The fourth-order valence-electron chi connectivity index (χ4n) is 3.90. The molecule has 4 N–H and O–H groups in total. The molecule has 2 atom stereocenters. The second-order valence-corrected chi connectivity index (χ2v) is 7.78. The summed E-state index contributed by atoms with van der Waals surface area (Å²) in [6.45, 7) is -0.185. The number of fused-ring (bicyclic) bond motifs is 2. The number of hydrogen-bond donors (Lipinski definition) is 4. The first kappa shape index (κ1) is 20.4. The molecule has 156 valence electrons. The first-order chi connectivity index (χ1) is 14.2. The summed E-state index contributed by atoms with van der Waals surface area (Å²) in [5.41, 5.74) is -0.871. The molecule has 0 saturated heterocycles. The zero-order valence-electron chi connectivity index (χ0n) is 15.8. The van der Waals surface area contributed by atoms with Crippen LogP contribution in [-0.2, 0) is 16.1 Å². The third-order valence-corrected chi connectivity index (χ3v) is 5.59. The fourth-order valence-corrected chi connectivity index (χ4v) is 3.90. The molecule has 2 aliphatic rings. The Morgan fingerprint density at radius 3 is 2.10 bits per heavy atom. The van der Waals surface area contributed by atoms with Crippen molar-refractivity contribution in [1.29, 1.82) is 0 Å². The molecular formula is C22H20O8. The minimum absolute atomic E-state index is 0.185. The van der Waals surface area contributed by atoms with Gasteiger partial charge in [0.15, 0.2) is 17.2 Å². The molecule has 0 aliphatic heterocycles. The van der Waals surface area contributed by atoms with Crippen LogP contribution >= 0.6 is 0 Å². The largest absolute Gasteiger partial charge is 0.459 e. The first-order valence-electron chi connectivity index (χ1n) is 9.45. The number of carbonyl (C=O) groups is 3. The lowest BCUT2D eigenvalue weighted by Crippen LogP contribution is -2.56. The van der Waals surface area contributed by atoms with Crippen molar-refractivity contribution >= 4 is 28.3 Å². The van der Waals surface area contributed by atoms with Crippen LogP contribution in [0.2, 0.25) is 0 Å². The zero-order chi connectivity index (χ0) is 21.6. The molecule has 0 bridgehead atoms. The first-order valence-corrected chi connectivity index (χ1v) is 9.45. The van der Waals surface area contributed by atoms with E-state index in [-0.39, 0.29) is 18.2 Å². The average Bonchev–Trinajstić information content (AvgIpc) is 2.71. The Labute approximate surface area is 171 Å². The van der Waals surface area contributed by atoms with Gasteiger partial charge in [-0.25, -0.2) is 4.79 Å². The van der Waals surface area contributed by atoms with Crippen LogP contribution in [0.1, 0.15) is 39.1 Å². The van der Waals surface area contributed by atoms with Gasteiger partial charge >= 0.3 is 5.97 Å². The van der Waals surface area contributed by atoms with Crippen molar-refractivity contribution in [3.05, 3.63) is 59.2 Å². The molecule has 0 amide bonds. The highest BCUT2D eigenvalue weighted by molar-refractivity contribution is 6.23. The standard InChI is InChI=1S/C22H20O8/c23-16-3-4-17(24)15-7-13-5-11(1-2-12(13)6-14(15)16)10-30-21(28)22(29)8-18(25)20(27)19(26)9-22/h1-7,18-20,25-27,29H,8-10H2/t18-,19-,20?,22?/m1/s1. The van der Waals surface area contributed by atoms with E-state index < -0.39 is 42.7 Å². The molecular weight excluding hydrogens is 392 g/mol. The van der Waals surface area contributed by atoms with E-state index in [0.717, 1.165) is 5.39 Å². The summed E-state index contributed by atoms with van der Waals surface area (Å²) in [6.07, 6.45) is -2.76. The Bertz CT molecular complexity index is 1070. The van der Waals surface area contributed by atoms with E-state index in [1.54, 1.807) is 30.3 Å². The SMILES string of the molecule is O=C1C=CC(=O)c2cc3cc(COC(=O)C4(O)C[C@@H](O)C(O)[C@H](O)C4)ccc3cc21. The van der Waals surface area contributed by atoms with Crippen molar-refractivity contribution in [2.24, 2.45) is 0 Å². The van der Waals surface area contributed by atoms with E-state index in [1.165, 1.54) is 12.2 Å². The van der Waals surface area contributed by atoms with Gasteiger partial charge in [0.25, 0.3) is 0 Å². The molecule has 8 nitrogen and oxygen atoms in total. The predicted octanol–water partition coefficient (Wildman–Crippen LogP) is 0.426. The van der Waals surface area contributed by atoms with Crippen LogP contribution in [0.5, 0.6) is 0 Å². The average molecular weight is 412 g/mol. The molecule has 0 heterocycles. The number of rotatable bonds is 3. The summed E-state index contributed by atoms with van der Waals surface area (Å²) in [6, 6.07) is 8.38. The molecule has 0 aromatic heterocycles. The normalized spacial score (nSPS) is 28.5. The third-order valence-electron chi connectivity index (χ3n) is 5.59. The number of hydrogen-bond acceptors (Lipinski definition) is 8. The molecule has 0 unspecified atom stereocenters. The second-order valence-electron chi connectivity index (χ2n) is 7.78. The van der Waals surface area contributed by atoms with E-state index in [9.17, 15) is 34.8 Å². The number of ether oxygens (including phenoxy) is 1. The highest BCUT2D eigenvalue weighted by Gasteiger charge is 2.49. The maximum absolute atomic E-state index is 12.4. The molecule has 2 aromatic carbocycles. The maximum Gasteiger partial charge on any atom is 0.338 e. The van der Waals surface area contributed by atoms with E-state index in [2.05, 4.69) is 0 Å². The Morgan fingerprint density at radius 1 is 0.933 bits per heavy atom. The number of allylic oxidation sites excluding steroid dienone is 2. The number of aliphatic hydroxyl groups excluding tert-OH is 3. The van der Waals surface area contributed by atoms with Crippen molar-refractivity contribution in [3.63, 3.8) is 0 Å². The number of ketones is 2. The minimum atomic E-state index is -2.10. The van der Waals surface area contributed by atoms with Gasteiger partial charge in [-0.1, -0.05) is 12.1 Å². The van der Waals surface area contributed by atoms with Crippen molar-refractivity contribution in [2.75, 3.05) is 0 Å². The quantitative estimate of drug-likeness (QED) is 0.532. The minimum Gasteiger partial charge on any atom is -0.459 e. The van der Waals surface area contributed by atoms with Crippen molar-refractivity contribution in [3.8, 4) is 0 Å². The number of esters is 1. The Balaban J connectivity index is 1.52. The molecule has 1 fully saturated rings. The summed E-state index contributed by atoms with van der Waals surface area (Å²) in [4.78, 5) is 36.4. The van der Waals surface area contributed by atoms with Crippen LogP contribution in [0.15, 0.2) is 42.5 Å². The molecule has 30 heavy (non-hydrogen) atoms. The molecule has 4 rings (SSSR count). The summed E-state index contributed by atoms with van der Waals surface area (Å²) >= 11 is 0. The van der Waals surface area contributed by atoms with Crippen LogP contribution in [0.3, 0.4) is 0 Å². The van der Waals surface area contributed by atoms with Crippen molar-refractivity contribution in [1.82, 2.24) is 0 Å². The molecule has 1 saturated carbocycles. The van der Waals surface area contributed by atoms with Gasteiger partial charge in [-0.15, -0.1) is 0 Å². The van der Waals surface area contributed by atoms with E-state index in [1.807, 2.05) is 0 Å². The zero-order valence-corrected chi connectivity index (χ0v) is 15.8.